The van der Waals surface area contributed by atoms with Crippen LogP contribution >= 0.6 is 0 Å². The van der Waals surface area contributed by atoms with E-state index in [9.17, 15) is 14.3 Å². The van der Waals surface area contributed by atoms with Gasteiger partial charge >= 0.3 is 0 Å². The highest BCUT2D eigenvalue weighted by Gasteiger charge is 2.27. The highest BCUT2D eigenvalue weighted by atomic mass is 19.1. The van der Waals surface area contributed by atoms with E-state index in [-0.39, 0.29) is 17.9 Å². The summed E-state index contributed by atoms with van der Waals surface area (Å²) in [6.07, 6.45) is 1.43. The molecular weight excluding hydrogens is 277 g/mol. The van der Waals surface area contributed by atoms with Gasteiger partial charge in [0.25, 0.3) is 5.91 Å². The van der Waals surface area contributed by atoms with E-state index in [0.717, 1.165) is 6.07 Å². The molecule has 1 amide bonds. The normalized spacial score (nSPS) is 13.5. The molecule has 1 atom stereocenters. The first kappa shape index (κ1) is 15.1. The topological polar surface area (TPSA) is 71.7 Å². The third-order valence-electron chi connectivity index (χ3n) is 3.06. The third-order valence-corrected chi connectivity index (χ3v) is 3.06. The standard InChI is InChI=1S/C15H16FNO4/c1-15(19,13-4-3-7-21-13)9-17-14(18)10-5-6-12(20-2)11(16)8-10/h3-8,19H,9H2,1-2H3,(H,17,18)/t15-/m0/s1. The van der Waals surface area contributed by atoms with E-state index in [1.54, 1.807) is 12.1 Å². The molecule has 0 saturated heterocycles. The van der Waals surface area contributed by atoms with Gasteiger partial charge in [0, 0.05) is 5.56 Å². The van der Waals surface area contributed by atoms with Gasteiger partial charge in [0.1, 0.15) is 11.4 Å². The van der Waals surface area contributed by atoms with Crippen LogP contribution in [0, 0.1) is 5.82 Å². The Balaban J connectivity index is 2.03. The van der Waals surface area contributed by atoms with Crippen molar-refractivity contribution >= 4 is 5.91 Å². The summed E-state index contributed by atoms with van der Waals surface area (Å²) in [4.78, 5) is 12.0. The van der Waals surface area contributed by atoms with Crippen molar-refractivity contribution in [3.05, 3.63) is 53.7 Å². The number of benzene rings is 1. The van der Waals surface area contributed by atoms with Crippen molar-refractivity contribution in [3.63, 3.8) is 0 Å². The Morgan fingerprint density at radius 2 is 2.24 bits per heavy atom. The summed E-state index contributed by atoms with van der Waals surface area (Å²) in [5, 5.41) is 12.7. The molecule has 0 aliphatic rings. The number of halogens is 1. The maximum atomic E-state index is 13.5. The fourth-order valence-electron chi connectivity index (χ4n) is 1.83. The second kappa shape index (κ2) is 5.97. The average molecular weight is 293 g/mol. The predicted molar refractivity (Wildman–Crippen MR) is 73.6 cm³/mol. The number of ether oxygens (including phenoxy) is 1. The van der Waals surface area contributed by atoms with Gasteiger partial charge in [0.05, 0.1) is 19.9 Å². The largest absolute Gasteiger partial charge is 0.494 e. The number of rotatable bonds is 5. The number of nitrogens with one attached hydrogen (secondary N) is 1. The molecular formula is C15H16FNO4. The van der Waals surface area contributed by atoms with Crippen LogP contribution in [0.1, 0.15) is 23.0 Å². The number of carbonyl (C=O) groups is 1. The first-order valence-corrected chi connectivity index (χ1v) is 6.32. The maximum Gasteiger partial charge on any atom is 0.251 e. The highest BCUT2D eigenvalue weighted by molar-refractivity contribution is 5.94. The summed E-state index contributed by atoms with van der Waals surface area (Å²) in [5.74, 6) is -0.718. The van der Waals surface area contributed by atoms with Crippen LogP contribution in [0.25, 0.3) is 0 Å². The summed E-state index contributed by atoms with van der Waals surface area (Å²) in [5.41, 5.74) is -1.20. The average Bonchev–Trinajstić information content (AvgIpc) is 2.99. The molecule has 0 aliphatic heterocycles. The molecule has 1 aromatic heterocycles. The predicted octanol–water partition coefficient (Wildman–Crippen LogP) is 2.06. The van der Waals surface area contributed by atoms with Gasteiger partial charge in [-0.2, -0.15) is 0 Å². The summed E-state index contributed by atoms with van der Waals surface area (Å²) in [6, 6.07) is 7.15. The number of amides is 1. The molecule has 2 rings (SSSR count). The minimum Gasteiger partial charge on any atom is -0.494 e. The Kier molecular flexibility index (Phi) is 4.28. The van der Waals surface area contributed by atoms with Gasteiger partial charge in [-0.1, -0.05) is 0 Å². The quantitative estimate of drug-likeness (QED) is 0.885. The van der Waals surface area contributed by atoms with Crippen LogP contribution in [0.3, 0.4) is 0 Å². The SMILES string of the molecule is COc1ccc(C(=O)NC[C@](C)(O)c2ccco2)cc1F. The maximum absolute atomic E-state index is 13.5. The summed E-state index contributed by atoms with van der Waals surface area (Å²) >= 11 is 0. The van der Waals surface area contributed by atoms with Crippen molar-refractivity contribution in [1.82, 2.24) is 5.32 Å². The molecule has 21 heavy (non-hydrogen) atoms. The molecule has 0 bridgehead atoms. The van der Waals surface area contributed by atoms with Gasteiger partial charge in [-0.15, -0.1) is 0 Å². The molecule has 1 aromatic carbocycles. The van der Waals surface area contributed by atoms with E-state index >= 15 is 0 Å². The molecule has 1 heterocycles. The van der Waals surface area contributed by atoms with Crippen molar-refractivity contribution in [1.29, 1.82) is 0 Å². The van der Waals surface area contributed by atoms with Crippen LogP contribution in [0.5, 0.6) is 5.75 Å². The van der Waals surface area contributed by atoms with Crippen molar-refractivity contribution in [2.24, 2.45) is 0 Å². The molecule has 2 aromatic rings. The summed E-state index contributed by atoms with van der Waals surface area (Å²) < 4.78 is 23.4. The third kappa shape index (κ3) is 3.41. The molecule has 5 nitrogen and oxygen atoms in total. The van der Waals surface area contributed by atoms with Crippen molar-refractivity contribution in [2.75, 3.05) is 13.7 Å². The molecule has 0 unspecified atom stereocenters. The number of hydrogen-bond donors (Lipinski definition) is 2. The number of furan rings is 1. The lowest BCUT2D eigenvalue weighted by Crippen LogP contribution is -2.38. The second-order valence-corrected chi connectivity index (χ2v) is 4.78. The second-order valence-electron chi connectivity index (χ2n) is 4.78. The van der Waals surface area contributed by atoms with Crippen LogP contribution < -0.4 is 10.1 Å². The zero-order valence-electron chi connectivity index (χ0n) is 11.7. The smallest absolute Gasteiger partial charge is 0.251 e. The zero-order chi connectivity index (χ0) is 15.5. The van der Waals surface area contributed by atoms with E-state index in [2.05, 4.69) is 5.32 Å². The fourth-order valence-corrected chi connectivity index (χ4v) is 1.83. The Bertz CT molecular complexity index is 623. The van der Waals surface area contributed by atoms with Crippen molar-refractivity contribution in [3.8, 4) is 5.75 Å². The first-order valence-electron chi connectivity index (χ1n) is 6.32. The Morgan fingerprint density at radius 3 is 2.81 bits per heavy atom. The minimum absolute atomic E-state index is 0.0625. The molecule has 2 N–H and O–H groups in total. The van der Waals surface area contributed by atoms with E-state index in [1.165, 1.54) is 32.4 Å². The van der Waals surface area contributed by atoms with Crippen LogP contribution in [-0.4, -0.2) is 24.7 Å². The van der Waals surface area contributed by atoms with E-state index in [1.807, 2.05) is 0 Å². The molecule has 0 spiro atoms. The molecule has 0 aliphatic carbocycles. The molecule has 6 heteroatoms. The molecule has 0 radical (unpaired) electrons. The Hall–Kier alpha value is -2.34. The number of hydrogen-bond acceptors (Lipinski definition) is 4. The van der Waals surface area contributed by atoms with Crippen molar-refractivity contribution in [2.45, 2.75) is 12.5 Å². The van der Waals surface area contributed by atoms with Crippen LogP contribution in [0.2, 0.25) is 0 Å². The Morgan fingerprint density at radius 1 is 1.48 bits per heavy atom. The summed E-state index contributed by atoms with van der Waals surface area (Å²) in [7, 11) is 1.35. The fraction of sp³-hybridized carbons (Fsp3) is 0.267. The monoisotopic (exact) mass is 293 g/mol. The lowest BCUT2D eigenvalue weighted by Gasteiger charge is -2.21. The van der Waals surface area contributed by atoms with Gasteiger partial charge in [0.15, 0.2) is 11.6 Å². The van der Waals surface area contributed by atoms with Gasteiger partial charge in [-0.25, -0.2) is 4.39 Å². The van der Waals surface area contributed by atoms with Gasteiger partial charge in [-0.05, 0) is 37.3 Å². The first-order chi connectivity index (χ1) is 9.94. The molecule has 112 valence electrons. The van der Waals surface area contributed by atoms with Crippen LogP contribution in [0.4, 0.5) is 4.39 Å². The lowest BCUT2D eigenvalue weighted by atomic mass is 10.0. The Labute approximate surface area is 121 Å². The van der Waals surface area contributed by atoms with Gasteiger partial charge in [0.2, 0.25) is 0 Å². The summed E-state index contributed by atoms with van der Waals surface area (Å²) in [6.45, 7) is 1.45. The zero-order valence-corrected chi connectivity index (χ0v) is 11.7. The van der Waals surface area contributed by atoms with Gasteiger partial charge < -0.3 is 19.6 Å². The molecule has 0 fully saturated rings. The number of carbonyl (C=O) groups excluding carboxylic acids is 1. The van der Waals surface area contributed by atoms with E-state index < -0.39 is 17.3 Å². The van der Waals surface area contributed by atoms with E-state index in [0.29, 0.717) is 5.76 Å². The number of methoxy groups -OCH3 is 1. The molecule has 0 saturated carbocycles. The highest BCUT2D eigenvalue weighted by Crippen LogP contribution is 2.21. The van der Waals surface area contributed by atoms with Crippen molar-refractivity contribution < 1.29 is 23.4 Å². The lowest BCUT2D eigenvalue weighted by molar-refractivity contribution is 0.0330. The number of aliphatic hydroxyl groups is 1. The van der Waals surface area contributed by atoms with Gasteiger partial charge in [-0.3, -0.25) is 4.79 Å². The minimum atomic E-state index is -1.34. The van der Waals surface area contributed by atoms with Crippen LogP contribution in [-0.2, 0) is 5.60 Å². The van der Waals surface area contributed by atoms with E-state index in [4.69, 9.17) is 9.15 Å². The van der Waals surface area contributed by atoms with Crippen LogP contribution in [0.15, 0.2) is 41.0 Å².